The number of furan rings is 1. The molecule has 1 fully saturated rings. The fourth-order valence-corrected chi connectivity index (χ4v) is 4.05. The highest BCUT2D eigenvalue weighted by molar-refractivity contribution is 6.02. The Bertz CT molecular complexity index is 1350. The average Bonchev–Trinajstić information content (AvgIpc) is 3.51. The van der Waals surface area contributed by atoms with Gasteiger partial charge in [0.15, 0.2) is 17.3 Å². The number of anilines is 1. The Morgan fingerprint density at radius 3 is 2.78 bits per heavy atom. The summed E-state index contributed by atoms with van der Waals surface area (Å²) in [5.41, 5.74) is 1.65. The number of nitrogens with zero attached hydrogens (tertiary/aromatic N) is 5. The zero-order chi connectivity index (χ0) is 25.1. The first-order valence-electron chi connectivity index (χ1n) is 11.7. The highest BCUT2D eigenvalue weighted by Gasteiger charge is 2.19. The quantitative estimate of drug-likeness (QED) is 0.398. The molecular formula is C25H27FN6O4. The van der Waals surface area contributed by atoms with Crippen LogP contribution in [-0.2, 0) is 0 Å². The van der Waals surface area contributed by atoms with Crippen LogP contribution in [0.2, 0.25) is 0 Å². The van der Waals surface area contributed by atoms with Crippen LogP contribution in [0.1, 0.15) is 16.1 Å². The van der Waals surface area contributed by atoms with E-state index in [1.165, 1.54) is 36.9 Å². The van der Waals surface area contributed by atoms with Crippen LogP contribution in [0.5, 0.6) is 17.4 Å². The molecule has 5 rings (SSSR count). The van der Waals surface area contributed by atoms with E-state index in [0.717, 1.165) is 38.3 Å². The van der Waals surface area contributed by atoms with Gasteiger partial charge in [-0.15, -0.1) is 0 Å². The largest absolute Gasteiger partial charge is 0.490 e. The minimum atomic E-state index is -0.656. The third kappa shape index (κ3) is 5.16. The van der Waals surface area contributed by atoms with Crippen LogP contribution in [0.3, 0.4) is 0 Å². The minimum absolute atomic E-state index is 0.0373. The molecule has 1 amide bonds. The number of carbonyl (C=O) groups excluding carboxylic acids is 1. The lowest BCUT2D eigenvalue weighted by molar-refractivity contribution is 0.0996. The molecule has 0 saturated carbocycles. The fourth-order valence-electron chi connectivity index (χ4n) is 4.05. The SMILES string of the molecule is Cc1c(OCCN2CCN(C)CC2)cn2ncnc(Oc3ccc(NC(=O)c4ccco4)cc3F)c12. The molecule has 1 aromatic carbocycles. The first-order chi connectivity index (χ1) is 17.5. The summed E-state index contributed by atoms with van der Waals surface area (Å²) in [6.45, 7) is 7.43. The summed E-state index contributed by atoms with van der Waals surface area (Å²) in [6.07, 6.45) is 4.50. The van der Waals surface area contributed by atoms with Crippen molar-refractivity contribution < 1.29 is 23.1 Å². The van der Waals surface area contributed by atoms with Gasteiger partial charge < -0.3 is 24.1 Å². The molecular weight excluding hydrogens is 467 g/mol. The smallest absolute Gasteiger partial charge is 0.291 e. The van der Waals surface area contributed by atoms with Gasteiger partial charge in [0.25, 0.3) is 5.91 Å². The van der Waals surface area contributed by atoms with Crippen LogP contribution in [-0.4, -0.2) is 76.7 Å². The van der Waals surface area contributed by atoms with Crippen molar-refractivity contribution in [3.8, 4) is 17.4 Å². The van der Waals surface area contributed by atoms with Crippen molar-refractivity contribution in [2.45, 2.75) is 6.92 Å². The number of aromatic nitrogens is 3. The number of piperazine rings is 1. The molecule has 0 atom stereocenters. The van der Waals surface area contributed by atoms with E-state index < -0.39 is 11.7 Å². The molecule has 188 valence electrons. The van der Waals surface area contributed by atoms with E-state index in [1.54, 1.807) is 16.8 Å². The lowest BCUT2D eigenvalue weighted by atomic mass is 10.2. The summed E-state index contributed by atoms with van der Waals surface area (Å²) in [6, 6.07) is 7.26. The lowest BCUT2D eigenvalue weighted by Crippen LogP contribution is -2.45. The first kappa shape index (κ1) is 23.8. The molecule has 0 spiro atoms. The van der Waals surface area contributed by atoms with Crippen LogP contribution in [0.4, 0.5) is 10.1 Å². The van der Waals surface area contributed by atoms with Crippen molar-refractivity contribution in [3.63, 3.8) is 0 Å². The van der Waals surface area contributed by atoms with Gasteiger partial charge >= 0.3 is 0 Å². The molecule has 1 aliphatic heterocycles. The molecule has 10 nitrogen and oxygen atoms in total. The van der Waals surface area contributed by atoms with E-state index in [9.17, 15) is 9.18 Å². The molecule has 3 aromatic heterocycles. The maximum Gasteiger partial charge on any atom is 0.291 e. The molecule has 0 unspecified atom stereocenters. The fraction of sp³-hybridized carbons (Fsp3) is 0.320. The van der Waals surface area contributed by atoms with Crippen molar-refractivity contribution in [1.29, 1.82) is 0 Å². The number of carbonyl (C=O) groups is 1. The van der Waals surface area contributed by atoms with Crippen LogP contribution in [0, 0.1) is 12.7 Å². The van der Waals surface area contributed by atoms with E-state index in [4.69, 9.17) is 13.9 Å². The number of hydrogen-bond acceptors (Lipinski definition) is 8. The van der Waals surface area contributed by atoms with Gasteiger partial charge in [-0.3, -0.25) is 9.69 Å². The second-order valence-corrected chi connectivity index (χ2v) is 8.65. The van der Waals surface area contributed by atoms with Crippen LogP contribution >= 0.6 is 0 Å². The number of nitrogens with one attached hydrogen (secondary N) is 1. The molecule has 36 heavy (non-hydrogen) atoms. The van der Waals surface area contributed by atoms with E-state index >= 15 is 0 Å². The van der Waals surface area contributed by atoms with Crippen molar-refractivity contribution in [2.75, 3.05) is 51.7 Å². The molecule has 0 radical (unpaired) electrons. The monoisotopic (exact) mass is 494 g/mol. The maximum absolute atomic E-state index is 14.8. The standard InChI is InChI=1S/C25H27FN6O4/c1-17-22(35-13-11-31-9-7-30(2)8-10-31)15-32-23(17)25(27-16-28-32)36-20-6-5-18(14-19(20)26)29-24(33)21-4-3-12-34-21/h3-6,12,14-16H,7-11,13H2,1-2H3,(H,29,33). The van der Waals surface area contributed by atoms with Gasteiger partial charge in [-0.25, -0.2) is 8.91 Å². The van der Waals surface area contributed by atoms with Crippen molar-refractivity contribution >= 4 is 17.1 Å². The predicted octanol–water partition coefficient (Wildman–Crippen LogP) is 3.44. The van der Waals surface area contributed by atoms with E-state index in [1.807, 2.05) is 6.92 Å². The summed E-state index contributed by atoms with van der Waals surface area (Å²) in [5.74, 6) is -0.172. The zero-order valence-corrected chi connectivity index (χ0v) is 20.1. The number of halogens is 1. The van der Waals surface area contributed by atoms with Crippen LogP contribution in [0.15, 0.2) is 53.5 Å². The summed E-state index contributed by atoms with van der Waals surface area (Å²) in [7, 11) is 2.13. The second-order valence-electron chi connectivity index (χ2n) is 8.65. The van der Waals surface area contributed by atoms with Crippen LogP contribution in [0.25, 0.3) is 5.52 Å². The Morgan fingerprint density at radius 1 is 1.19 bits per heavy atom. The van der Waals surface area contributed by atoms with Gasteiger partial charge in [0.05, 0.1) is 12.5 Å². The number of rotatable bonds is 8. The third-order valence-electron chi connectivity index (χ3n) is 6.15. The predicted molar refractivity (Wildman–Crippen MR) is 130 cm³/mol. The van der Waals surface area contributed by atoms with Gasteiger partial charge in [0, 0.05) is 50.0 Å². The Balaban J connectivity index is 1.27. The van der Waals surface area contributed by atoms with Gasteiger partial charge in [0.1, 0.15) is 24.2 Å². The number of aryl methyl sites for hydroxylation is 1. The highest BCUT2D eigenvalue weighted by Crippen LogP contribution is 2.33. The van der Waals surface area contributed by atoms with Crippen LogP contribution < -0.4 is 14.8 Å². The van der Waals surface area contributed by atoms with Gasteiger partial charge in [-0.05, 0) is 38.2 Å². The second kappa shape index (κ2) is 10.3. The van der Waals surface area contributed by atoms with Gasteiger partial charge in [-0.1, -0.05) is 0 Å². The summed E-state index contributed by atoms with van der Waals surface area (Å²) < 4.78 is 33.3. The minimum Gasteiger partial charge on any atom is -0.490 e. The van der Waals surface area contributed by atoms with E-state index in [2.05, 4.69) is 32.2 Å². The first-order valence-corrected chi connectivity index (χ1v) is 11.7. The summed E-state index contributed by atoms with van der Waals surface area (Å²) in [5, 5.41) is 6.83. The van der Waals surface area contributed by atoms with Crippen molar-refractivity contribution in [2.24, 2.45) is 0 Å². The highest BCUT2D eigenvalue weighted by atomic mass is 19.1. The topological polar surface area (TPSA) is 97.4 Å². The van der Waals surface area contributed by atoms with E-state index in [-0.39, 0.29) is 23.1 Å². The molecule has 0 bridgehead atoms. The number of likely N-dealkylation sites (N-methyl/N-ethyl adjacent to an activating group) is 1. The average molecular weight is 495 g/mol. The number of fused-ring (bicyclic) bond motifs is 1. The molecule has 1 aliphatic rings. The molecule has 1 N–H and O–H groups in total. The number of ether oxygens (including phenoxy) is 2. The third-order valence-corrected chi connectivity index (χ3v) is 6.15. The number of hydrogen-bond donors (Lipinski definition) is 1. The number of amides is 1. The van der Waals surface area contributed by atoms with Crippen molar-refractivity contribution in [3.05, 3.63) is 66.3 Å². The van der Waals surface area contributed by atoms with Gasteiger partial charge in [0.2, 0.25) is 5.88 Å². The Hall–Kier alpha value is -3.96. The zero-order valence-electron chi connectivity index (χ0n) is 20.1. The Kier molecular flexibility index (Phi) is 6.83. The molecule has 4 aromatic rings. The maximum atomic E-state index is 14.8. The number of benzene rings is 1. The molecule has 4 heterocycles. The lowest BCUT2D eigenvalue weighted by Gasteiger charge is -2.32. The Morgan fingerprint density at radius 2 is 2.03 bits per heavy atom. The van der Waals surface area contributed by atoms with Gasteiger partial charge in [-0.2, -0.15) is 10.1 Å². The Labute approximate surface area is 207 Å². The summed E-state index contributed by atoms with van der Waals surface area (Å²) >= 11 is 0. The van der Waals surface area contributed by atoms with Crippen molar-refractivity contribution in [1.82, 2.24) is 24.4 Å². The molecule has 0 aliphatic carbocycles. The normalized spacial score (nSPS) is 14.8. The molecule has 11 heteroatoms. The van der Waals surface area contributed by atoms with E-state index in [0.29, 0.717) is 17.9 Å². The summed E-state index contributed by atoms with van der Waals surface area (Å²) in [4.78, 5) is 21.0. The molecule has 1 saturated heterocycles.